The molecule has 0 fully saturated rings. The highest BCUT2D eigenvalue weighted by molar-refractivity contribution is 5.94. The molecule has 0 spiro atoms. The molecule has 7 nitrogen and oxygen atoms in total. The standard InChI is InChI=1S/C23H30N4O3/c1-14(2)26(23(29)30)21-11-15(3)27(16(4)28)20-9-7-17(12-19(20)21)18-8-10-22(24-13-18)25(5)6/h7-10,12-15,21H,11H2,1-6H3,(H,29,30)/t15-,21+/m0/s1. The van der Waals surface area contributed by atoms with Crippen LogP contribution in [0.25, 0.3) is 11.1 Å². The van der Waals surface area contributed by atoms with Crippen molar-refractivity contribution < 1.29 is 14.7 Å². The summed E-state index contributed by atoms with van der Waals surface area (Å²) in [4.78, 5) is 34.1. The smallest absolute Gasteiger partial charge is 0.408 e. The zero-order valence-corrected chi connectivity index (χ0v) is 18.5. The zero-order valence-electron chi connectivity index (χ0n) is 18.5. The number of rotatable bonds is 4. The second-order valence-electron chi connectivity index (χ2n) is 8.35. The van der Waals surface area contributed by atoms with Crippen LogP contribution in [0.2, 0.25) is 0 Å². The lowest BCUT2D eigenvalue weighted by Crippen LogP contribution is -2.48. The Kier molecular flexibility index (Phi) is 6.01. The second kappa shape index (κ2) is 8.34. The molecule has 0 saturated heterocycles. The van der Waals surface area contributed by atoms with Crippen LogP contribution in [0.5, 0.6) is 0 Å². The van der Waals surface area contributed by atoms with Gasteiger partial charge in [-0.15, -0.1) is 0 Å². The third-order valence-electron chi connectivity index (χ3n) is 5.64. The summed E-state index contributed by atoms with van der Waals surface area (Å²) in [6.45, 7) is 7.28. The number of fused-ring (bicyclic) bond motifs is 1. The maximum absolute atomic E-state index is 12.4. The first-order valence-corrected chi connectivity index (χ1v) is 10.2. The molecule has 2 aromatic rings. The largest absolute Gasteiger partial charge is 0.465 e. The highest BCUT2D eigenvalue weighted by Crippen LogP contribution is 2.43. The van der Waals surface area contributed by atoms with Crippen LogP contribution in [0.3, 0.4) is 0 Å². The minimum Gasteiger partial charge on any atom is -0.465 e. The molecule has 2 heterocycles. The van der Waals surface area contributed by atoms with Crippen LogP contribution >= 0.6 is 0 Å². The molecular weight excluding hydrogens is 380 g/mol. The maximum Gasteiger partial charge on any atom is 0.408 e. The number of carboxylic acid groups (broad SMARTS) is 1. The number of amides is 2. The van der Waals surface area contributed by atoms with Crippen molar-refractivity contribution >= 4 is 23.5 Å². The first-order chi connectivity index (χ1) is 14.1. The van der Waals surface area contributed by atoms with Crippen LogP contribution < -0.4 is 9.80 Å². The van der Waals surface area contributed by atoms with Gasteiger partial charge in [0.25, 0.3) is 0 Å². The molecule has 160 valence electrons. The highest BCUT2D eigenvalue weighted by Gasteiger charge is 2.38. The molecule has 0 radical (unpaired) electrons. The summed E-state index contributed by atoms with van der Waals surface area (Å²) in [7, 11) is 3.88. The lowest BCUT2D eigenvalue weighted by Gasteiger charge is -2.43. The SMILES string of the molecule is CC(=O)N1c2ccc(-c3ccc(N(C)C)nc3)cc2[C@H](N(C(=O)O)C(C)C)C[C@@H]1C. The Morgan fingerprint density at radius 2 is 1.83 bits per heavy atom. The number of carbonyl (C=O) groups is 2. The van der Waals surface area contributed by atoms with Crippen LogP contribution in [0.1, 0.15) is 45.7 Å². The third kappa shape index (κ3) is 3.97. The van der Waals surface area contributed by atoms with Crippen LogP contribution in [0.4, 0.5) is 16.3 Å². The van der Waals surface area contributed by atoms with Crippen molar-refractivity contribution in [2.24, 2.45) is 0 Å². The van der Waals surface area contributed by atoms with E-state index in [4.69, 9.17) is 0 Å². The number of nitrogens with zero attached hydrogens (tertiary/aromatic N) is 4. The Hall–Kier alpha value is -3.09. The summed E-state index contributed by atoms with van der Waals surface area (Å²) >= 11 is 0. The van der Waals surface area contributed by atoms with Gasteiger partial charge in [-0.3, -0.25) is 9.69 Å². The van der Waals surface area contributed by atoms with E-state index in [1.54, 1.807) is 11.8 Å². The first-order valence-electron chi connectivity index (χ1n) is 10.2. The average Bonchev–Trinajstić information content (AvgIpc) is 2.67. The summed E-state index contributed by atoms with van der Waals surface area (Å²) < 4.78 is 0. The molecule has 1 aromatic carbocycles. The Bertz CT molecular complexity index is 940. The molecular formula is C23H30N4O3. The molecule has 1 aromatic heterocycles. The van der Waals surface area contributed by atoms with Gasteiger partial charge in [-0.1, -0.05) is 6.07 Å². The Morgan fingerprint density at radius 3 is 2.33 bits per heavy atom. The maximum atomic E-state index is 12.4. The van der Waals surface area contributed by atoms with E-state index >= 15 is 0 Å². The molecule has 0 bridgehead atoms. The van der Waals surface area contributed by atoms with Gasteiger partial charge in [-0.05, 0) is 62.6 Å². The van der Waals surface area contributed by atoms with Crippen molar-refractivity contribution in [2.75, 3.05) is 23.9 Å². The monoisotopic (exact) mass is 410 g/mol. The molecule has 7 heteroatoms. The van der Waals surface area contributed by atoms with E-state index in [1.165, 1.54) is 4.90 Å². The minimum atomic E-state index is -0.952. The van der Waals surface area contributed by atoms with Gasteiger partial charge in [0.1, 0.15) is 5.82 Å². The molecule has 3 rings (SSSR count). The van der Waals surface area contributed by atoms with Crippen molar-refractivity contribution in [3.63, 3.8) is 0 Å². The summed E-state index contributed by atoms with van der Waals surface area (Å²) in [6.07, 6.45) is 1.42. The fourth-order valence-corrected chi connectivity index (χ4v) is 4.29. The van der Waals surface area contributed by atoms with Crippen LogP contribution in [0, 0.1) is 0 Å². The van der Waals surface area contributed by atoms with Gasteiger partial charge in [0.15, 0.2) is 0 Å². The minimum absolute atomic E-state index is 0.0432. The van der Waals surface area contributed by atoms with Crippen LogP contribution in [-0.4, -0.2) is 53.2 Å². The predicted molar refractivity (Wildman–Crippen MR) is 119 cm³/mol. The molecule has 2 amide bonds. The number of hydrogen-bond acceptors (Lipinski definition) is 4. The van der Waals surface area contributed by atoms with Crippen molar-refractivity contribution in [1.29, 1.82) is 0 Å². The van der Waals surface area contributed by atoms with Crippen molar-refractivity contribution in [3.05, 3.63) is 42.1 Å². The van der Waals surface area contributed by atoms with E-state index in [2.05, 4.69) is 4.98 Å². The van der Waals surface area contributed by atoms with Crippen LogP contribution in [-0.2, 0) is 4.79 Å². The Labute approximate surface area is 177 Å². The van der Waals surface area contributed by atoms with E-state index in [0.717, 1.165) is 28.2 Å². The van der Waals surface area contributed by atoms with Gasteiger partial charge < -0.3 is 14.9 Å². The Morgan fingerprint density at radius 1 is 1.17 bits per heavy atom. The molecule has 0 saturated carbocycles. The van der Waals surface area contributed by atoms with E-state index in [1.807, 2.05) is 76.3 Å². The summed E-state index contributed by atoms with van der Waals surface area (Å²) in [5.74, 6) is 0.821. The number of hydrogen-bond donors (Lipinski definition) is 1. The molecule has 30 heavy (non-hydrogen) atoms. The molecule has 1 aliphatic rings. The van der Waals surface area contributed by atoms with Gasteiger partial charge in [0.2, 0.25) is 5.91 Å². The molecule has 1 aliphatic heterocycles. The van der Waals surface area contributed by atoms with E-state index in [9.17, 15) is 14.7 Å². The number of aromatic nitrogens is 1. The molecule has 1 N–H and O–H groups in total. The second-order valence-corrected chi connectivity index (χ2v) is 8.35. The highest BCUT2D eigenvalue weighted by atomic mass is 16.4. The number of carbonyl (C=O) groups excluding carboxylic acids is 1. The fraction of sp³-hybridized carbons (Fsp3) is 0.435. The third-order valence-corrected chi connectivity index (χ3v) is 5.64. The molecule has 0 aliphatic carbocycles. The molecule has 2 atom stereocenters. The van der Waals surface area contributed by atoms with Gasteiger partial charge in [0, 0.05) is 50.6 Å². The van der Waals surface area contributed by atoms with E-state index < -0.39 is 6.09 Å². The van der Waals surface area contributed by atoms with E-state index in [0.29, 0.717) is 6.42 Å². The lowest BCUT2D eigenvalue weighted by molar-refractivity contribution is -0.117. The van der Waals surface area contributed by atoms with Gasteiger partial charge >= 0.3 is 6.09 Å². The van der Waals surface area contributed by atoms with Gasteiger partial charge in [-0.2, -0.15) is 0 Å². The van der Waals surface area contributed by atoms with E-state index in [-0.39, 0.29) is 24.0 Å². The van der Waals surface area contributed by atoms with Crippen molar-refractivity contribution in [2.45, 2.75) is 52.2 Å². The Balaban J connectivity index is 2.13. The average molecular weight is 411 g/mol. The number of anilines is 2. The summed E-state index contributed by atoms with van der Waals surface area (Å²) in [5, 5.41) is 9.88. The summed E-state index contributed by atoms with van der Waals surface area (Å²) in [6, 6.07) is 9.27. The predicted octanol–water partition coefficient (Wildman–Crippen LogP) is 4.39. The zero-order chi connectivity index (χ0) is 22.2. The van der Waals surface area contributed by atoms with Gasteiger partial charge in [-0.25, -0.2) is 9.78 Å². The topological polar surface area (TPSA) is 77.0 Å². The number of benzene rings is 1. The number of pyridine rings is 1. The van der Waals surface area contributed by atoms with Crippen molar-refractivity contribution in [3.8, 4) is 11.1 Å². The lowest BCUT2D eigenvalue weighted by atomic mass is 9.88. The first kappa shape index (κ1) is 21.6. The van der Waals surface area contributed by atoms with Crippen LogP contribution in [0.15, 0.2) is 36.5 Å². The summed E-state index contributed by atoms with van der Waals surface area (Å²) in [5.41, 5.74) is 3.53. The molecule has 0 unspecified atom stereocenters. The van der Waals surface area contributed by atoms with Crippen molar-refractivity contribution in [1.82, 2.24) is 9.88 Å². The quantitative estimate of drug-likeness (QED) is 0.809. The fourth-order valence-electron chi connectivity index (χ4n) is 4.29. The normalized spacial score (nSPS) is 18.2. The van der Waals surface area contributed by atoms with Gasteiger partial charge in [0.05, 0.1) is 6.04 Å².